The highest BCUT2D eigenvalue weighted by molar-refractivity contribution is 7.80. The van der Waals surface area contributed by atoms with Gasteiger partial charge in [0.2, 0.25) is 0 Å². The Kier molecular flexibility index (Phi) is 6.91. The summed E-state index contributed by atoms with van der Waals surface area (Å²) in [4.78, 5) is 0.388. The second kappa shape index (κ2) is 8.19. The largest absolute Gasteiger partial charge is 0.491 e. The summed E-state index contributed by atoms with van der Waals surface area (Å²) < 4.78 is 16.5. The van der Waals surface area contributed by atoms with Crippen LogP contribution in [0.4, 0.5) is 0 Å². The van der Waals surface area contributed by atoms with Crippen molar-refractivity contribution in [2.75, 3.05) is 26.4 Å². The topological polar surface area (TPSA) is 53.7 Å². The Balaban J connectivity index is 2.11. The Hall–Kier alpha value is -1.17. The summed E-state index contributed by atoms with van der Waals surface area (Å²) in [5.74, 6) is 0.777. The molecule has 0 fully saturated rings. The van der Waals surface area contributed by atoms with E-state index < -0.39 is 0 Å². The Bertz CT molecular complexity index is 412. The van der Waals surface area contributed by atoms with E-state index in [1.807, 2.05) is 45.0 Å². The lowest BCUT2D eigenvalue weighted by atomic mass is 10.2. The summed E-state index contributed by atoms with van der Waals surface area (Å²) in [5.41, 5.74) is 6.24. The molecule has 0 aliphatic heterocycles. The maximum atomic E-state index is 5.54. The van der Waals surface area contributed by atoms with E-state index in [0.29, 0.717) is 31.4 Å². The van der Waals surface area contributed by atoms with E-state index >= 15 is 0 Å². The molecule has 0 saturated heterocycles. The minimum Gasteiger partial charge on any atom is -0.491 e. The van der Waals surface area contributed by atoms with Gasteiger partial charge in [-0.2, -0.15) is 0 Å². The van der Waals surface area contributed by atoms with Gasteiger partial charge in [0.05, 0.1) is 25.4 Å². The fourth-order valence-electron chi connectivity index (χ4n) is 1.44. The Morgan fingerprint density at radius 3 is 2.20 bits per heavy atom. The molecule has 0 aliphatic carbocycles. The average Bonchev–Trinajstić information content (AvgIpc) is 2.37. The fourth-order valence-corrected chi connectivity index (χ4v) is 1.58. The van der Waals surface area contributed by atoms with Crippen LogP contribution >= 0.6 is 12.2 Å². The molecule has 1 aromatic rings. The first-order chi connectivity index (χ1) is 9.38. The molecule has 0 saturated carbocycles. The molecule has 0 aliphatic rings. The molecule has 4 nitrogen and oxygen atoms in total. The van der Waals surface area contributed by atoms with E-state index in [9.17, 15) is 0 Å². The summed E-state index contributed by atoms with van der Waals surface area (Å²) in [6.07, 6.45) is 0. The van der Waals surface area contributed by atoms with E-state index in [1.54, 1.807) is 0 Å². The van der Waals surface area contributed by atoms with Crippen molar-refractivity contribution < 1.29 is 14.2 Å². The van der Waals surface area contributed by atoms with Crippen molar-refractivity contribution in [2.45, 2.75) is 26.4 Å². The van der Waals surface area contributed by atoms with Gasteiger partial charge in [-0.3, -0.25) is 0 Å². The fraction of sp³-hybridized carbons (Fsp3) is 0.533. The van der Waals surface area contributed by atoms with Crippen LogP contribution in [0.25, 0.3) is 0 Å². The lowest BCUT2D eigenvalue weighted by molar-refractivity contribution is -0.0375. The minimum absolute atomic E-state index is 0.120. The number of hydrogen-bond acceptors (Lipinski definition) is 4. The lowest BCUT2D eigenvalue weighted by Gasteiger charge is -2.19. The van der Waals surface area contributed by atoms with E-state index in [1.165, 1.54) is 0 Å². The first kappa shape index (κ1) is 16.9. The second-order valence-electron chi connectivity index (χ2n) is 5.31. The Morgan fingerprint density at radius 1 is 1.05 bits per heavy atom. The van der Waals surface area contributed by atoms with E-state index in [2.05, 4.69) is 0 Å². The van der Waals surface area contributed by atoms with Gasteiger partial charge in [0.15, 0.2) is 0 Å². The normalized spacial score (nSPS) is 11.3. The molecule has 112 valence electrons. The maximum Gasteiger partial charge on any atom is 0.119 e. The summed E-state index contributed by atoms with van der Waals surface area (Å²) in [6.45, 7) is 8.26. The van der Waals surface area contributed by atoms with E-state index in [4.69, 9.17) is 32.2 Å². The number of rotatable bonds is 8. The molecule has 0 heterocycles. The van der Waals surface area contributed by atoms with Crippen LogP contribution < -0.4 is 10.5 Å². The molecule has 0 unspecified atom stereocenters. The molecule has 0 spiro atoms. The summed E-state index contributed by atoms with van der Waals surface area (Å²) in [6, 6.07) is 7.37. The molecule has 2 N–H and O–H groups in total. The van der Waals surface area contributed by atoms with Gasteiger partial charge in [0.1, 0.15) is 17.3 Å². The van der Waals surface area contributed by atoms with Gasteiger partial charge in [0.25, 0.3) is 0 Å². The number of nitrogens with two attached hydrogens (primary N) is 1. The zero-order chi connectivity index (χ0) is 15.0. The van der Waals surface area contributed by atoms with Gasteiger partial charge in [-0.05, 0) is 45.0 Å². The molecule has 20 heavy (non-hydrogen) atoms. The van der Waals surface area contributed by atoms with E-state index in [-0.39, 0.29) is 5.60 Å². The molecule has 0 amide bonds. The van der Waals surface area contributed by atoms with Gasteiger partial charge in [-0.15, -0.1) is 0 Å². The molecule has 1 aromatic carbocycles. The van der Waals surface area contributed by atoms with Gasteiger partial charge < -0.3 is 19.9 Å². The molecule has 0 bridgehead atoms. The molecular formula is C15H23NO3S. The van der Waals surface area contributed by atoms with Gasteiger partial charge >= 0.3 is 0 Å². The highest BCUT2D eigenvalue weighted by Gasteiger charge is 2.08. The van der Waals surface area contributed by atoms with Crippen LogP contribution in [0, 0.1) is 0 Å². The zero-order valence-corrected chi connectivity index (χ0v) is 13.2. The van der Waals surface area contributed by atoms with Crippen molar-refractivity contribution in [2.24, 2.45) is 5.73 Å². The maximum absolute atomic E-state index is 5.54. The molecule has 1 rings (SSSR count). The predicted molar refractivity (Wildman–Crippen MR) is 84.3 cm³/mol. The van der Waals surface area contributed by atoms with Crippen LogP contribution in [0.15, 0.2) is 24.3 Å². The van der Waals surface area contributed by atoms with Gasteiger partial charge in [0, 0.05) is 5.56 Å². The van der Waals surface area contributed by atoms with Crippen LogP contribution in [-0.2, 0) is 9.47 Å². The highest BCUT2D eigenvalue weighted by Crippen LogP contribution is 2.12. The molecule has 5 heteroatoms. The quantitative estimate of drug-likeness (QED) is 0.590. The number of hydrogen-bond donors (Lipinski definition) is 1. The standard InChI is InChI=1S/C15H23NO3S/c1-15(2,3)19-11-9-17-8-10-18-13-6-4-12(5-7-13)14(16)20/h4-7H,8-11H2,1-3H3,(H2,16,20). The molecular weight excluding hydrogens is 274 g/mol. The molecule has 0 aromatic heterocycles. The minimum atomic E-state index is -0.120. The number of benzene rings is 1. The lowest BCUT2D eigenvalue weighted by Crippen LogP contribution is -2.22. The van der Waals surface area contributed by atoms with Gasteiger partial charge in [-0.25, -0.2) is 0 Å². The van der Waals surface area contributed by atoms with Crippen molar-refractivity contribution in [3.63, 3.8) is 0 Å². The smallest absolute Gasteiger partial charge is 0.119 e. The second-order valence-corrected chi connectivity index (χ2v) is 5.75. The third-order valence-electron chi connectivity index (χ3n) is 2.40. The Labute approximate surface area is 126 Å². The number of ether oxygens (including phenoxy) is 3. The zero-order valence-electron chi connectivity index (χ0n) is 12.3. The van der Waals surface area contributed by atoms with Gasteiger partial charge in [-0.1, -0.05) is 12.2 Å². The molecule has 0 radical (unpaired) electrons. The number of thiocarbonyl (C=S) groups is 1. The Morgan fingerprint density at radius 2 is 1.65 bits per heavy atom. The van der Waals surface area contributed by atoms with Crippen molar-refractivity contribution in [1.82, 2.24) is 0 Å². The van der Waals surface area contributed by atoms with Crippen LogP contribution in [0.1, 0.15) is 26.3 Å². The average molecular weight is 297 g/mol. The first-order valence-electron chi connectivity index (χ1n) is 6.63. The van der Waals surface area contributed by atoms with Crippen LogP contribution in [-0.4, -0.2) is 37.0 Å². The highest BCUT2D eigenvalue weighted by atomic mass is 32.1. The molecule has 0 atom stereocenters. The van der Waals surface area contributed by atoms with Crippen LogP contribution in [0.3, 0.4) is 0 Å². The first-order valence-corrected chi connectivity index (χ1v) is 7.04. The van der Waals surface area contributed by atoms with Crippen molar-refractivity contribution in [1.29, 1.82) is 0 Å². The third-order valence-corrected chi connectivity index (χ3v) is 2.63. The van der Waals surface area contributed by atoms with Crippen molar-refractivity contribution in [3.8, 4) is 5.75 Å². The van der Waals surface area contributed by atoms with Crippen molar-refractivity contribution >= 4 is 17.2 Å². The summed E-state index contributed by atoms with van der Waals surface area (Å²) in [7, 11) is 0. The van der Waals surface area contributed by atoms with Crippen LogP contribution in [0.2, 0.25) is 0 Å². The summed E-state index contributed by atoms with van der Waals surface area (Å²) in [5, 5.41) is 0. The van der Waals surface area contributed by atoms with Crippen molar-refractivity contribution in [3.05, 3.63) is 29.8 Å². The SMILES string of the molecule is CC(C)(C)OCCOCCOc1ccc(C(N)=S)cc1. The summed E-state index contributed by atoms with van der Waals surface area (Å²) >= 11 is 4.88. The van der Waals surface area contributed by atoms with Crippen LogP contribution in [0.5, 0.6) is 5.75 Å². The predicted octanol–water partition coefficient (Wildman–Crippen LogP) is 2.53. The third kappa shape index (κ3) is 7.43. The monoisotopic (exact) mass is 297 g/mol. The van der Waals surface area contributed by atoms with E-state index in [0.717, 1.165) is 11.3 Å².